The molecule has 2 saturated carbocycles. The molecule has 0 radical (unpaired) electrons. The van der Waals surface area contributed by atoms with Gasteiger partial charge in [0, 0.05) is 37.5 Å². The fraction of sp³-hybridized carbons (Fsp3) is 0.600. The van der Waals surface area contributed by atoms with E-state index in [1.807, 2.05) is 13.0 Å². The van der Waals surface area contributed by atoms with E-state index in [0.717, 1.165) is 31.0 Å². The Labute approximate surface area is 220 Å². The van der Waals surface area contributed by atoms with Crippen molar-refractivity contribution >= 4 is 5.91 Å². The third-order valence-electron chi connectivity index (χ3n) is 8.29. The number of aliphatic hydroxyl groups excluding tert-OH is 1. The molecule has 1 aromatic carbocycles. The van der Waals surface area contributed by atoms with Crippen molar-refractivity contribution in [2.45, 2.75) is 64.7 Å². The van der Waals surface area contributed by atoms with Crippen molar-refractivity contribution in [3.05, 3.63) is 47.9 Å². The fourth-order valence-electron chi connectivity index (χ4n) is 6.16. The lowest BCUT2D eigenvalue weighted by Gasteiger charge is -2.22. The number of nitrogens with one attached hydrogen (secondary N) is 1. The van der Waals surface area contributed by atoms with E-state index < -0.39 is 5.82 Å². The van der Waals surface area contributed by atoms with Gasteiger partial charge >= 0.3 is 0 Å². The number of aromatic nitrogens is 1. The predicted molar refractivity (Wildman–Crippen MR) is 144 cm³/mol. The summed E-state index contributed by atoms with van der Waals surface area (Å²) in [6, 6.07) is 8.38. The molecule has 2 aliphatic carbocycles. The number of aliphatic hydroxyl groups is 1. The van der Waals surface area contributed by atoms with Crippen LogP contribution in [0.25, 0.3) is 11.3 Å². The van der Waals surface area contributed by atoms with Crippen molar-refractivity contribution < 1.29 is 19.0 Å². The van der Waals surface area contributed by atoms with E-state index in [2.05, 4.69) is 15.2 Å². The van der Waals surface area contributed by atoms with Crippen LogP contribution in [-0.2, 0) is 11.2 Å². The maximum Gasteiger partial charge on any atom is 0.224 e. The first-order valence-electron chi connectivity index (χ1n) is 14.0. The summed E-state index contributed by atoms with van der Waals surface area (Å²) in [5.74, 6) is 0.829. The number of halogens is 1. The van der Waals surface area contributed by atoms with Gasteiger partial charge in [0.15, 0.2) is 0 Å². The van der Waals surface area contributed by atoms with Crippen molar-refractivity contribution in [2.75, 3.05) is 39.4 Å². The van der Waals surface area contributed by atoms with E-state index in [0.29, 0.717) is 42.1 Å². The minimum Gasteiger partial charge on any atom is -0.492 e. The molecule has 0 aliphatic heterocycles. The normalized spacial score (nSPS) is 18.5. The SMILES string of the molecule is CCN(CCO)CCOc1ccc(-c2ccc(CC(=O)NCCC3CCC4(CCCC4)C3)cn2)c(F)c1. The first-order chi connectivity index (χ1) is 18.0. The Bertz CT molecular complexity index is 1010. The molecule has 1 spiro atoms. The number of amides is 1. The van der Waals surface area contributed by atoms with Gasteiger partial charge in [-0.1, -0.05) is 25.8 Å². The smallest absolute Gasteiger partial charge is 0.224 e. The van der Waals surface area contributed by atoms with Crippen LogP contribution in [0.4, 0.5) is 4.39 Å². The Morgan fingerprint density at radius 3 is 2.76 bits per heavy atom. The number of benzene rings is 1. The second-order valence-corrected chi connectivity index (χ2v) is 10.8. The number of pyridine rings is 1. The van der Waals surface area contributed by atoms with Gasteiger partial charge in [-0.25, -0.2) is 4.39 Å². The van der Waals surface area contributed by atoms with Crippen molar-refractivity contribution in [2.24, 2.45) is 11.3 Å². The molecule has 2 fully saturated rings. The van der Waals surface area contributed by atoms with Gasteiger partial charge in [0.1, 0.15) is 18.2 Å². The molecule has 6 nitrogen and oxygen atoms in total. The summed E-state index contributed by atoms with van der Waals surface area (Å²) in [7, 11) is 0. The van der Waals surface area contributed by atoms with Crippen LogP contribution in [0, 0.1) is 17.2 Å². The zero-order valence-corrected chi connectivity index (χ0v) is 22.2. The predicted octanol–water partition coefficient (Wildman–Crippen LogP) is 4.99. The number of nitrogens with zero attached hydrogens (tertiary/aromatic N) is 2. The topological polar surface area (TPSA) is 74.7 Å². The number of carbonyl (C=O) groups is 1. The zero-order chi connectivity index (χ0) is 26.1. The lowest BCUT2D eigenvalue weighted by molar-refractivity contribution is -0.120. The molecule has 7 heteroatoms. The lowest BCUT2D eigenvalue weighted by atomic mass is 9.83. The first kappa shape index (κ1) is 27.5. The van der Waals surface area contributed by atoms with Crippen molar-refractivity contribution in [1.29, 1.82) is 0 Å². The Morgan fingerprint density at radius 1 is 1.22 bits per heavy atom. The van der Waals surface area contributed by atoms with Gasteiger partial charge in [-0.3, -0.25) is 14.7 Å². The molecule has 0 bridgehead atoms. The van der Waals surface area contributed by atoms with E-state index in [4.69, 9.17) is 9.84 Å². The molecule has 202 valence electrons. The number of rotatable bonds is 13. The van der Waals surface area contributed by atoms with Crippen molar-refractivity contribution in [3.8, 4) is 17.0 Å². The summed E-state index contributed by atoms with van der Waals surface area (Å²) in [6.45, 7) is 5.37. The summed E-state index contributed by atoms with van der Waals surface area (Å²) in [5, 5.41) is 12.1. The molecular weight excluding hydrogens is 469 g/mol. The molecule has 1 amide bonds. The Hall–Kier alpha value is -2.51. The van der Waals surface area contributed by atoms with Gasteiger partial charge < -0.3 is 15.2 Å². The number of likely N-dealkylation sites (N-methyl/N-ethyl adjacent to an activating group) is 1. The number of ether oxygens (including phenoxy) is 1. The van der Waals surface area contributed by atoms with Gasteiger partial charge in [-0.15, -0.1) is 0 Å². The van der Waals surface area contributed by atoms with E-state index in [9.17, 15) is 9.18 Å². The average molecular weight is 512 g/mol. The van der Waals surface area contributed by atoms with Crippen LogP contribution in [-0.4, -0.2) is 60.3 Å². The Kier molecular flexibility index (Phi) is 9.92. The summed E-state index contributed by atoms with van der Waals surface area (Å²) in [4.78, 5) is 18.9. The molecule has 4 rings (SSSR count). The third-order valence-corrected chi connectivity index (χ3v) is 8.29. The highest BCUT2D eigenvalue weighted by Gasteiger charge is 2.40. The van der Waals surface area contributed by atoms with Crippen LogP contribution in [0.3, 0.4) is 0 Å². The molecule has 1 aromatic heterocycles. The number of hydrogen-bond donors (Lipinski definition) is 2. The first-order valence-corrected chi connectivity index (χ1v) is 14.0. The monoisotopic (exact) mass is 511 g/mol. The van der Waals surface area contributed by atoms with Gasteiger partial charge in [-0.05, 0) is 80.2 Å². The third kappa shape index (κ3) is 7.74. The van der Waals surface area contributed by atoms with Crippen LogP contribution < -0.4 is 10.1 Å². The van der Waals surface area contributed by atoms with E-state index >= 15 is 0 Å². The minimum absolute atomic E-state index is 0.0106. The minimum atomic E-state index is -0.399. The summed E-state index contributed by atoms with van der Waals surface area (Å²) in [6.07, 6.45) is 12.7. The number of carbonyl (C=O) groups excluding carboxylic acids is 1. The van der Waals surface area contributed by atoms with E-state index in [-0.39, 0.29) is 18.9 Å². The average Bonchev–Trinajstić information content (AvgIpc) is 3.53. The van der Waals surface area contributed by atoms with Crippen LogP contribution in [0.2, 0.25) is 0 Å². The maximum absolute atomic E-state index is 14.8. The van der Waals surface area contributed by atoms with Gasteiger partial charge in [0.05, 0.1) is 18.7 Å². The Morgan fingerprint density at radius 2 is 2.05 bits per heavy atom. The van der Waals surface area contributed by atoms with Crippen LogP contribution in [0.1, 0.15) is 63.9 Å². The largest absolute Gasteiger partial charge is 0.492 e. The standard InChI is InChI=1S/C30H42FN3O3/c1-2-34(15-17-35)16-18-37-25-6-7-26(27(31)20-25)28-8-5-24(22-33-28)19-29(36)32-14-10-23-9-13-30(21-23)11-3-4-12-30/h5-8,20,22-23,35H,2-4,9-19,21H2,1H3,(H,32,36). The second kappa shape index (κ2) is 13.3. The number of hydrogen-bond acceptors (Lipinski definition) is 5. The van der Waals surface area contributed by atoms with Crippen LogP contribution in [0.15, 0.2) is 36.5 Å². The molecule has 2 aliphatic rings. The highest BCUT2D eigenvalue weighted by Crippen LogP contribution is 2.53. The van der Waals surface area contributed by atoms with Gasteiger partial charge in [0.25, 0.3) is 0 Å². The van der Waals surface area contributed by atoms with E-state index in [1.54, 1.807) is 24.4 Å². The lowest BCUT2D eigenvalue weighted by Crippen LogP contribution is -2.30. The van der Waals surface area contributed by atoms with E-state index in [1.165, 1.54) is 51.0 Å². The molecule has 0 saturated heterocycles. The Balaban J connectivity index is 1.20. The van der Waals surface area contributed by atoms with Gasteiger partial charge in [0.2, 0.25) is 5.91 Å². The molecule has 1 heterocycles. The second-order valence-electron chi connectivity index (χ2n) is 10.8. The van der Waals surface area contributed by atoms with Crippen molar-refractivity contribution in [3.63, 3.8) is 0 Å². The highest BCUT2D eigenvalue weighted by atomic mass is 19.1. The van der Waals surface area contributed by atoms with Crippen LogP contribution >= 0.6 is 0 Å². The van der Waals surface area contributed by atoms with Crippen molar-refractivity contribution in [1.82, 2.24) is 15.2 Å². The van der Waals surface area contributed by atoms with Crippen LogP contribution in [0.5, 0.6) is 5.75 Å². The molecule has 1 unspecified atom stereocenters. The fourth-order valence-corrected chi connectivity index (χ4v) is 6.16. The quantitative estimate of drug-likeness (QED) is 0.396. The molecule has 1 atom stereocenters. The molecule has 2 aromatic rings. The molecular formula is C30H42FN3O3. The molecule has 2 N–H and O–H groups in total. The maximum atomic E-state index is 14.8. The summed E-state index contributed by atoms with van der Waals surface area (Å²) in [5.41, 5.74) is 2.37. The van der Waals surface area contributed by atoms with Gasteiger partial charge in [-0.2, -0.15) is 0 Å². The highest BCUT2D eigenvalue weighted by molar-refractivity contribution is 5.78. The molecule has 37 heavy (non-hydrogen) atoms. The summed E-state index contributed by atoms with van der Waals surface area (Å²) < 4.78 is 20.4. The zero-order valence-electron chi connectivity index (χ0n) is 22.2. The summed E-state index contributed by atoms with van der Waals surface area (Å²) >= 11 is 0.